The summed E-state index contributed by atoms with van der Waals surface area (Å²) in [4.78, 5) is 10.5. The highest BCUT2D eigenvalue weighted by Crippen LogP contribution is 2.31. The van der Waals surface area contributed by atoms with Crippen LogP contribution < -0.4 is 0 Å². The molecule has 0 amide bonds. The topological polar surface area (TPSA) is 37.3 Å². The summed E-state index contributed by atoms with van der Waals surface area (Å²) in [6, 6.07) is 9.18. The van der Waals surface area contributed by atoms with Gasteiger partial charge in [-0.2, -0.15) is 0 Å². The van der Waals surface area contributed by atoms with Gasteiger partial charge < -0.3 is 5.11 Å². The molecule has 0 aliphatic heterocycles. The lowest BCUT2D eigenvalue weighted by atomic mass is 9.83. The number of rotatable bonds is 2. The molecule has 0 bridgehead atoms. The molecule has 0 aromatic heterocycles. The summed E-state index contributed by atoms with van der Waals surface area (Å²) in [5.41, 5.74) is 2.48. The zero-order valence-electron chi connectivity index (χ0n) is 8.44. The van der Waals surface area contributed by atoms with Crippen molar-refractivity contribution in [3.63, 3.8) is 0 Å². The van der Waals surface area contributed by atoms with Gasteiger partial charge in [0.2, 0.25) is 0 Å². The van der Waals surface area contributed by atoms with Gasteiger partial charge in [0.1, 0.15) is 0 Å². The Morgan fingerprint density at radius 3 is 3.27 bits per heavy atom. The Morgan fingerprint density at radius 1 is 1.60 bits per heavy atom. The molecule has 0 saturated heterocycles. The van der Waals surface area contributed by atoms with E-state index in [1.807, 2.05) is 12.1 Å². The van der Waals surface area contributed by atoms with Crippen molar-refractivity contribution in [2.24, 2.45) is 0 Å². The second-order valence-corrected chi connectivity index (χ2v) is 3.80. The van der Waals surface area contributed by atoms with E-state index in [1.165, 1.54) is 17.2 Å². The van der Waals surface area contributed by atoms with E-state index in [2.05, 4.69) is 12.1 Å². The average molecular weight is 201 g/mol. The fourth-order valence-electron chi connectivity index (χ4n) is 2.10. The SMILES string of the molecule is O=C(O)/C=C/C1CCCc2[c]cccc21. The van der Waals surface area contributed by atoms with Gasteiger partial charge in [0, 0.05) is 12.0 Å². The first-order chi connectivity index (χ1) is 7.27. The molecule has 1 aliphatic rings. The van der Waals surface area contributed by atoms with E-state index < -0.39 is 5.97 Å². The third-order valence-corrected chi connectivity index (χ3v) is 2.79. The molecule has 1 unspecified atom stereocenters. The normalized spacial score (nSPS) is 20.1. The van der Waals surface area contributed by atoms with Gasteiger partial charge in [0.15, 0.2) is 0 Å². The Labute approximate surface area is 89.2 Å². The largest absolute Gasteiger partial charge is 0.478 e. The minimum atomic E-state index is -0.873. The van der Waals surface area contributed by atoms with Crippen LogP contribution in [0, 0.1) is 6.07 Å². The zero-order chi connectivity index (χ0) is 10.7. The first-order valence-corrected chi connectivity index (χ1v) is 5.18. The highest BCUT2D eigenvalue weighted by molar-refractivity contribution is 5.79. The van der Waals surface area contributed by atoms with E-state index in [9.17, 15) is 4.79 Å². The van der Waals surface area contributed by atoms with Crippen LogP contribution in [0.5, 0.6) is 0 Å². The fourth-order valence-corrected chi connectivity index (χ4v) is 2.10. The summed E-state index contributed by atoms with van der Waals surface area (Å²) in [7, 11) is 0. The molecule has 1 aromatic rings. The molecular weight excluding hydrogens is 188 g/mol. The predicted octanol–water partition coefficient (Wildman–Crippen LogP) is 2.55. The average Bonchev–Trinajstić information content (AvgIpc) is 2.26. The molecule has 77 valence electrons. The van der Waals surface area contributed by atoms with E-state index in [0.29, 0.717) is 0 Å². The van der Waals surface area contributed by atoms with Gasteiger partial charge in [-0.1, -0.05) is 24.3 Å². The standard InChI is InChI=1S/C13H13O2/c14-13(15)9-8-11-6-3-5-10-4-1-2-7-12(10)11/h1-2,7-9,11H,3,5-6H2,(H,14,15)/b9-8+. The molecule has 1 aliphatic carbocycles. The minimum Gasteiger partial charge on any atom is -0.478 e. The second kappa shape index (κ2) is 4.30. The molecule has 0 spiro atoms. The summed E-state index contributed by atoms with van der Waals surface area (Å²) in [6.45, 7) is 0. The Bertz CT molecular complexity index is 393. The van der Waals surface area contributed by atoms with Crippen LogP contribution in [-0.4, -0.2) is 11.1 Å². The Morgan fingerprint density at radius 2 is 2.47 bits per heavy atom. The van der Waals surface area contributed by atoms with Crippen molar-refractivity contribution in [3.05, 3.63) is 47.5 Å². The van der Waals surface area contributed by atoms with Crippen LogP contribution in [0.25, 0.3) is 0 Å². The number of allylic oxidation sites excluding steroid dienone is 1. The van der Waals surface area contributed by atoms with Crippen LogP contribution in [0.2, 0.25) is 0 Å². The maximum Gasteiger partial charge on any atom is 0.327 e. The van der Waals surface area contributed by atoms with Crippen molar-refractivity contribution < 1.29 is 9.90 Å². The van der Waals surface area contributed by atoms with Crippen LogP contribution in [0.4, 0.5) is 0 Å². The van der Waals surface area contributed by atoms with Crippen molar-refractivity contribution in [1.82, 2.24) is 0 Å². The minimum absolute atomic E-state index is 0.252. The van der Waals surface area contributed by atoms with Crippen molar-refractivity contribution in [3.8, 4) is 0 Å². The van der Waals surface area contributed by atoms with E-state index in [-0.39, 0.29) is 5.92 Å². The van der Waals surface area contributed by atoms with E-state index in [1.54, 1.807) is 6.08 Å². The molecule has 2 heteroatoms. The summed E-state index contributed by atoms with van der Waals surface area (Å²) in [5, 5.41) is 8.60. The first-order valence-electron chi connectivity index (χ1n) is 5.18. The van der Waals surface area contributed by atoms with Crippen LogP contribution in [0.15, 0.2) is 30.4 Å². The maximum absolute atomic E-state index is 10.5. The lowest BCUT2D eigenvalue weighted by Gasteiger charge is -2.22. The Kier molecular flexibility index (Phi) is 2.86. The molecule has 1 aromatic carbocycles. The molecular formula is C13H13O2. The van der Waals surface area contributed by atoms with Gasteiger partial charge in [-0.15, -0.1) is 0 Å². The third-order valence-electron chi connectivity index (χ3n) is 2.79. The van der Waals surface area contributed by atoms with Crippen LogP contribution in [0.1, 0.15) is 29.9 Å². The van der Waals surface area contributed by atoms with E-state index in [4.69, 9.17) is 5.11 Å². The molecule has 0 saturated carbocycles. The van der Waals surface area contributed by atoms with Crippen molar-refractivity contribution in [1.29, 1.82) is 0 Å². The van der Waals surface area contributed by atoms with Crippen molar-refractivity contribution in [2.45, 2.75) is 25.2 Å². The summed E-state index contributed by atoms with van der Waals surface area (Å²) in [5.74, 6) is -0.621. The number of carboxylic acids is 1. The number of benzene rings is 1. The van der Waals surface area contributed by atoms with Gasteiger partial charge in [-0.25, -0.2) is 4.79 Å². The van der Waals surface area contributed by atoms with Gasteiger partial charge in [-0.3, -0.25) is 0 Å². The fraction of sp³-hybridized carbons (Fsp3) is 0.308. The quantitative estimate of drug-likeness (QED) is 0.746. The molecule has 1 radical (unpaired) electrons. The summed E-state index contributed by atoms with van der Waals surface area (Å²) >= 11 is 0. The van der Waals surface area contributed by atoms with Gasteiger partial charge >= 0.3 is 5.97 Å². The number of hydrogen-bond donors (Lipinski definition) is 1. The van der Waals surface area contributed by atoms with Crippen LogP contribution in [-0.2, 0) is 11.2 Å². The number of carboxylic acid groups (broad SMARTS) is 1. The van der Waals surface area contributed by atoms with Gasteiger partial charge in [-0.05, 0) is 36.5 Å². The Hall–Kier alpha value is -1.57. The highest BCUT2D eigenvalue weighted by atomic mass is 16.4. The molecule has 2 nitrogen and oxygen atoms in total. The maximum atomic E-state index is 10.5. The van der Waals surface area contributed by atoms with Gasteiger partial charge in [0.05, 0.1) is 0 Å². The van der Waals surface area contributed by atoms with Crippen LogP contribution in [0.3, 0.4) is 0 Å². The summed E-state index contributed by atoms with van der Waals surface area (Å²) < 4.78 is 0. The molecule has 0 heterocycles. The van der Waals surface area contributed by atoms with E-state index >= 15 is 0 Å². The number of aryl methyl sites for hydroxylation is 1. The first kappa shape index (κ1) is 9.97. The predicted molar refractivity (Wildman–Crippen MR) is 57.7 cm³/mol. The molecule has 15 heavy (non-hydrogen) atoms. The molecule has 0 fully saturated rings. The highest BCUT2D eigenvalue weighted by Gasteiger charge is 2.17. The number of aliphatic carboxylic acids is 1. The Balaban J connectivity index is 2.26. The molecule has 1 N–H and O–H groups in total. The smallest absolute Gasteiger partial charge is 0.327 e. The van der Waals surface area contributed by atoms with Crippen LogP contribution >= 0.6 is 0 Å². The zero-order valence-corrected chi connectivity index (χ0v) is 8.44. The monoisotopic (exact) mass is 201 g/mol. The van der Waals surface area contributed by atoms with Crippen molar-refractivity contribution in [2.75, 3.05) is 0 Å². The van der Waals surface area contributed by atoms with Gasteiger partial charge in [0.25, 0.3) is 0 Å². The third kappa shape index (κ3) is 2.27. The van der Waals surface area contributed by atoms with E-state index in [0.717, 1.165) is 19.3 Å². The molecule has 2 rings (SSSR count). The lowest BCUT2D eigenvalue weighted by molar-refractivity contribution is -0.131. The summed E-state index contributed by atoms with van der Waals surface area (Å²) in [6.07, 6.45) is 6.24. The number of fused-ring (bicyclic) bond motifs is 1. The molecule has 1 atom stereocenters. The number of hydrogen-bond acceptors (Lipinski definition) is 1. The lowest BCUT2D eigenvalue weighted by Crippen LogP contribution is -2.08. The second-order valence-electron chi connectivity index (χ2n) is 3.80. The number of carbonyl (C=O) groups is 1. The van der Waals surface area contributed by atoms with Crippen molar-refractivity contribution >= 4 is 5.97 Å².